The van der Waals surface area contributed by atoms with Gasteiger partial charge in [0.15, 0.2) is 0 Å². The van der Waals surface area contributed by atoms with Crippen molar-refractivity contribution in [2.45, 2.75) is 10.6 Å². The van der Waals surface area contributed by atoms with Crippen molar-refractivity contribution in [3.05, 3.63) is 83.6 Å². The molecule has 0 amide bonds. The summed E-state index contributed by atoms with van der Waals surface area (Å²) in [6.45, 7) is 0. The zero-order chi connectivity index (χ0) is 17.2. The summed E-state index contributed by atoms with van der Waals surface area (Å²) in [5.74, 6) is 0.766. The van der Waals surface area contributed by atoms with Crippen LogP contribution in [0.25, 0.3) is 21.8 Å². The van der Waals surface area contributed by atoms with Crippen LogP contribution in [0.15, 0.2) is 77.7 Å². The van der Waals surface area contributed by atoms with Crippen LogP contribution in [0.4, 0.5) is 5.69 Å². The molecule has 0 bridgehead atoms. The van der Waals surface area contributed by atoms with E-state index in [0.29, 0.717) is 0 Å². The number of benzene rings is 3. The second kappa shape index (κ2) is 6.72. The fraction of sp³-hybridized carbons (Fsp3) is 0.0500. The van der Waals surface area contributed by atoms with Crippen molar-refractivity contribution < 1.29 is 5.21 Å². The molecule has 0 saturated carbocycles. The van der Waals surface area contributed by atoms with Gasteiger partial charge in [0.2, 0.25) is 0 Å². The Morgan fingerprint density at radius 1 is 0.840 bits per heavy atom. The molecule has 0 spiro atoms. The molecule has 0 radical (unpaired) electrons. The highest BCUT2D eigenvalue weighted by Crippen LogP contribution is 2.35. The number of hydrogen-bond acceptors (Lipinski definition) is 5. The molecule has 0 saturated heterocycles. The SMILES string of the molecule is [O-]N(O)c1ccc(CSc2c3ccccc3nc3ccccc23)cc1. The highest BCUT2D eigenvalue weighted by Gasteiger charge is 2.09. The van der Waals surface area contributed by atoms with Crippen molar-refractivity contribution in [2.75, 3.05) is 5.23 Å². The molecule has 0 unspecified atom stereocenters. The van der Waals surface area contributed by atoms with Gasteiger partial charge in [-0.05, 0) is 29.8 Å². The van der Waals surface area contributed by atoms with Gasteiger partial charge in [-0.3, -0.25) is 5.21 Å². The van der Waals surface area contributed by atoms with E-state index in [1.807, 2.05) is 48.5 Å². The summed E-state index contributed by atoms with van der Waals surface area (Å²) >= 11 is 1.75. The number of fused-ring (bicyclic) bond motifs is 2. The van der Waals surface area contributed by atoms with Gasteiger partial charge in [-0.1, -0.05) is 48.5 Å². The largest absolute Gasteiger partial charge is 0.733 e. The number of thioether (sulfide) groups is 1. The van der Waals surface area contributed by atoms with Crippen LogP contribution in [-0.4, -0.2) is 10.2 Å². The molecule has 25 heavy (non-hydrogen) atoms. The molecule has 4 aromatic rings. The van der Waals surface area contributed by atoms with Crippen LogP contribution < -0.4 is 5.23 Å². The molecule has 0 aliphatic rings. The van der Waals surface area contributed by atoms with E-state index in [1.54, 1.807) is 23.9 Å². The maximum absolute atomic E-state index is 10.9. The third-order valence-corrected chi connectivity index (χ3v) is 5.28. The van der Waals surface area contributed by atoms with Crippen LogP contribution >= 0.6 is 11.8 Å². The molecule has 1 aromatic heterocycles. The quantitative estimate of drug-likeness (QED) is 0.305. The van der Waals surface area contributed by atoms with Gasteiger partial charge in [0.25, 0.3) is 0 Å². The van der Waals surface area contributed by atoms with Crippen molar-refractivity contribution in [3.8, 4) is 0 Å². The standard InChI is InChI=1S/C20H15N2O2S/c23-22(24)15-11-9-14(10-12-15)13-25-20-16-5-1-3-7-18(16)21-19-8-4-2-6-17(19)20/h1-12,23H,13H2/q-1. The van der Waals surface area contributed by atoms with E-state index in [-0.39, 0.29) is 10.9 Å². The summed E-state index contributed by atoms with van der Waals surface area (Å²) < 4.78 is 0. The van der Waals surface area contributed by atoms with E-state index in [2.05, 4.69) is 12.1 Å². The Labute approximate surface area is 149 Å². The Morgan fingerprint density at radius 3 is 1.96 bits per heavy atom. The zero-order valence-corrected chi connectivity index (χ0v) is 14.1. The van der Waals surface area contributed by atoms with Crippen molar-refractivity contribution in [1.82, 2.24) is 4.98 Å². The molecule has 3 aromatic carbocycles. The van der Waals surface area contributed by atoms with Gasteiger partial charge in [-0.2, -0.15) is 0 Å². The Balaban J connectivity index is 1.72. The fourth-order valence-electron chi connectivity index (χ4n) is 2.83. The van der Waals surface area contributed by atoms with E-state index in [0.717, 1.165) is 33.1 Å². The monoisotopic (exact) mass is 347 g/mol. The minimum Gasteiger partial charge on any atom is -0.733 e. The highest BCUT2D eigenvalue weighted by molar-refractivity contribution is 7.99. The second-order valence-corrected chi connectivity index (χ2v) is 6.69. The minimum atomic E-state index is -0.124. The predicted molar refractivity (Wildman–Crippen MR) is 103 cm³/mol. The van der Waals surface area contributed by atoms with Crippen molar-refractivity contribution >= 4 is 39.3 Å². The number of pyridine rings is 1. The first-order valence-electron chi connectivity index (χ1n) is 7.88. The van der Waals surface area contributed by atoms with Crippen LogP contribution in [-0.2, 0) is 5.75 Å². The lowest BCUT2D eigenvalue weighted by Gasteiger charge is -2.21. The number of nitrogens with zero attached hydrogens (tertiary/aromatic N) is 2. The average molecular weight is 347 g/mol. The lowest BCUT2D eigenvalue weighted by Crippen LogP contribution is -2.06. The first-order chi connectivity index (χ1) is 12.2. The third-order valence-electron chi connectivity index (χ3n) is 4.08. The molecule has 4 nitrogen and oxygen atoms in total. The Kier molecular flexibility index (Phi) is 4.28. The van der Waals surface area contributed by atoms with Crippen molar-refractivity contribution in [3.63, 3.8) is 0 Å². The van der Waals surface area contributed by atoms with Gasteiger partial charge in [0.05, 0.1) is 16.7 Å². The van der Waals surface area contributed by atoms with Crippen molar-refractivity contribution in [2.24, 2.45) is 0 Å². The molecule has 1 N–H and O–H groups in total. The smallest absolute Gasteiger partial charge is 0.0721 e. The predicted octanol–water partition coefficient (Wildman–Crippen LogP) is 5.37. The van der Waals surface area contributed by atoms with Gasteiger partial charge in [-0.15, -0.1) is 11.8 Å². The second-order valence-electron chi connectivity index (χ2n) is 5.70. The number of anilines is 1. The highest BCUT2D eigenvalue weighted by atomic mass is 32.2. The van der Waals surface area contributed by atoms with E-state index < -0.39 is 0 Å². The Hall–Kier alpha value is -2.60. The van der Waals surface area contributed by atoms with Crippen molar-refractivity contribution in [1.29, 1.82) is 0 Å². The van der Waals surface area contributed by atoms with Crippen LogP contribution in [0.1, 0.15) is 5.56 Å². The van der Waals surface area contributed by atoms with Gasteiger partial charge >= 0.3 is 0 Å². The van der Waals surface area contributed by atoms with Crippen LogP contribution in [0.5, 0.6) is 0 Å². The van der Waals surface area contributed by atoms with Gasteiger partial charge in [-0.25, -0.2) is 4.98 Å². The maximum atomic E-state index is 10.9. The summed E-state index contributed by atoms with van der Waals surface area (Å²) in [5.41, 5.74) is 3.29. The van der Waals surface area contributed by atoms with Gasteiger partial charge in [0.1, 0.15) is 0 Å². The average Bonchev–Trinajstić information content (AvgIpc) is 2.65. The van der Waals surface area contributed by atoms with E-state index in [4.69, 9.17) is 10.2 Å². The van der Waals surface area contributed by atoms with Crippen LogP contribution in [0.3, 0.4) is 0 Å². The fourth-order valence-corrected chi connectivity index (χ4v) is 3.99. The normalized spacial score (nSPS) is 11.1. The summed E-state index contributed by atoms with van der Waals surface area (Å²) in [6, 6.07) is 23.3. The van der Waals surface area contributed by atoms with Crippen LogP contribution in [0.2, 0.25) is 0 Å². The number of rotatable bonds is 4. The van der Waals surface area contributed by atoms with E-state index >= 15 is 0 Å². The molecule has 1 heterocycles. The van der Waals surface area contributed by atoms with E-state index in [1.165, 1.54) is 4.90 Å². The molecule has 0 atom stereocenters. The molecule has 4 rings (SSSR count). The number of hydrogen-bond donors (Lipinski definition) is 1. The lowest BCUT2D eigenvalue weighted by molar-refractivity contribution is 0.296. The van der Waals surface area contributed by atoms with Gasteiger partial charge in [0, 0.05) is 21.4 Å². The molecular formula is C20H15N2O2S-. The molecular weight excluding hydrogens is 332 g/mol. The summed E-state index contributed by atoms with van der Waals surface area (Å²) in [6.07, 6.45) is 0. The molecule has 124 valence electrons. The Bertz CT molecular complexity index is 979. The third kappa shape index (κ3) is 3.17. The maximum Gasteiger partial charge on any atom is 0.0721 e. The molecule has 0 fully saturated rings. The summed E-state index contributed by atoms with van der Waals surface area (Å²) in [5, 5.41) is 22.0. The molecule has 0 aliphatic carbocycles. The van der Waals surface area contributed by atoms with E-state index in [9.17, 15) is 5.21 Å². The Morgan fingerprint density at radius 2 is 1.40 bits per heavy atom. The summed E-state index contributed by atoms with van der Waals surface area (Å²) in [7, 11) is 0. The first kappa shape index (κ1) is 15.9. The minimum absolute atomic E-state index is 0.124. The first-order valence-corrected chi connectivity index (χ1v) is 8.86. The van der Waals surface area contributed by atoms with Gasteiger partial charge < -0.3 is 10.4 Å². The number of para-hydroxylation sites is 2. The summed E-state index contributed by atoms with van der Waals surface area (Å²) in [4.78, 5) is 5.95. The molecule has 5 heteroatoms. The van der Waals surface area contributed by atoms with Crippen LogP contribution in [0, 0.1) is 5.21 Å². The lowest BCUT2D eigenvalue weighted by atomic mass is 10.1. The zero-order valence-electron chi connectivity index (χ0n) is 13.3. The number of aromatic nitrogens is 1. The topological polar surface area (TPSA) is 59.4 Å². The molecule has 0 aliphatic heterocycles.